The van der Waals surface area contributed by atoms with Crippen LogP contribution in [0.15, 0.2) is 18.2 Å². The number of anilines is 1. The summed E-state index contributed by atoms with van der Waals surface area (Å²) in [6.45, 7) is 8.27. The Balaban J connectivity index is 2.19. The second kappa shape index (κ2) is 5.43. The van der Waals surface area contributed by atoms with Crippen molar-refractivity contribution in [1.82, 2.24) is 0 Å². The number of carboxylic acids is 1. The van der Waals surface area contributed by atoms with E-state index in [9.17, 15) is 14.3 Å². The number of benzene rings is 1. The molecule has 4 heteroatoms. The lowest BCUT2D eigenvalue weighted by atomic mass is 9.75. The van der Waals surface area contributed by atoms with Crippen molar-refractivity contribution in [3.8, 4) is 0 Å². The van der Waals surface area contributed by atoms with E-state index in [1.165, 1.54) is 6.07 Å². The fourth-order valence-corrected chi connectivity index (χ4v) is 2.97. The number of hydrogen-bond donors (Lipinski definition) is 1. The average molecular weight is 279 g/mol. The minimum atomic E-state index is -1.20. The molecule has 1 heterocycles. The van der Waals surface area contributed by atoms with Gasteiger partial charge in [-0.1, -0.05) is 26.8 Å². The van der Waals surface area contributed by atoms with Crippen LogP contribution in [0.25, 0.3) is 0 Å². The van der Waals surface area contributed by atoms with Gasteiger partial charge in [-0.3, -0.25) is 0 Å². The van der Waals surface area contributed by atoms with Crippen LogP contribution in [0, 0.1) is 17.2 Å². The van der Waals surface area contributed by atoms with Crippen molar-refractivity contribution in [2.45, 2.75) is 33.6 Å². The first-order valence-electron chi connectivity index (χ1n) is 7.07. The molecule has 1 aromatic rings. The van der Waals surface area contributed by atoms with E-state index in [0.29, 0.717) is 11.6 Å². The van der Waals surface area contributed by atoms with Crippen LogP contribution in [0.2, 0.25) is 0 Å². The van der Waals surface area contributed by atoms with E-state index < -0.39 is 11.8 Å². The summed E-state index contributed by atoms with van der Waals surface area (Å²) >= 11 is 0. The normalized spacial score (nSPS) is 17.3. The predicted molar refractivity (Wildman–Crippen MR) is 77.8 cm³/mol. The summed E-state index contributed by atoms with van der Waals surface area (Å²) in [5.41, 5.74) is 0.565. The van der Waals surface area contributed by atoms with E-state index in [1.54, 1.807) is 12.1 Å². The van der Waals surface area contributed by atoms with Gasteiger partial charge < -0.3 is 10.0 Å². The Kier molecular flexibility index (Phi) is 4.02. The molecule has 0 unspecified atom stereocenters. The first-order valence-corrected chi connectivity index (χ1v) is 7.07. The summed E-state index contributed by atoms with van der Waals surface area (Å²) in [4.78, 5) is 13.2. The van der Waals surface area contributed by atoms with Crippen molar-refractivity contribution >= 4 is 11.7 Å². The largest absolute Gasteiger partial charge is 0.478 e. The van der Waals surface area contributed by atoms with Crippen LogP contribution in [0.1, 0.15) is 44.0 Å². The van der Waals surface area contributed by atoms with Crippen LogP contribution in [-0.4, -0.2) is 24.2 Å². The van der Waals surface area contributed by atoms with Crippen molar-refractivity contribution in [2.75, 3.05) is 18.0 Å². The van der Waals surface area contributed by atoms with Crippen LogP contribution in [0.3, 0.4) is 0 Å². The molecule has 0 radical (unpaired) electrons. The van der Waals surface area contributed by atoms with Gasteiger partial charge in [0, 0.05) is 13.1 Å². The molecule has 1 aliphatic rings. The molecule has 110 valence electrons. The first kappa shape index (κ1) is 14.8. The molecule has 0 aliphatic carbocycles. The van der Waals surface area contributed by atoms with Gasteiger partial charge >= 0.3 is 5.97 Å². The minimum absolute atomic E-state index is 0.207. The Bertz CT molecular complexity index is 500. The number of halogens is 1. The van der Waals surface area contributed by atoms with E-state index in [0.717, 1.165) is 25.9 Å². The van der Waals surface area contributed by atoms with E-state index in [2.05, 4.69) is 20.8 Å². The molecule has 1 aromatic carbocycles. The van der Waals surface area contributed by atoms with Gasteiger partial charge in [0.1, 0.15) is 11.4 Å². The minimum Gasteiger partial charge on any atom is -0.478 e. The lowest BCUT2D eigenvalue weighted by Crippen LogP contribution is -2.38. The molecule has 3 nitrogen and oxygen atoms in total. The fourth-order valence-electron chi connectivity index (χ4n) is 2.97. The van der Waals surface area contributed by atoms with E-state index in [1.807, 2.05) is 4.90 Å². The third kappa shape index (κ3) is 2.94. The topological polar surface area (TPSA) is 40.5 Å². The molecule has 0 aromatic heterocycles. The zero-order chi connectivity index (χ0) is 14.9. The standard InChI is InChI=1S/C16H22FNO2/c1-16(2,3)11-7-9-18(10-8-11)13-6-4-5-12(17)14(13)15(19)20/h4-6,11H,7-10H2,1-3H3,(H,19,20). The van der Waals surface area contributed by atoms with Crippen LogP contribution in [0.4, 0.5) is 10.1 Å². The summed E-state index contributed by atoms with van der Waals surface area (Å²) in [5, 5.41) is 9.19. The Labute approximate surface area is 119 Å². The highest BCUT2D eigenvalue weighted by Crippen LogP contribution is 2.36. The van der Waals surface area contributed by atoms with E-state index in [-0.39, 0.29) is 11.0 Å². The SMILES string of the molecule is CC(C)(C)C1CCN(c2cccc(F)c2C(=O)O)CC1. The third-order valence-corrected chi connectivity index (χ3v) is 4.27. The number of hydrogen-bond acceptors (Lipinski definition) is 2. The van der Waals surface area contributed by atoms with Gasteiger partial charge in [-0.2, -0.15) is 0 Å². The maximum absolute atomic E-state index is 13.7. The Morgan fingerprint density at radius 2 is 1.90 bits per heavy atom. The molecule has 0 atom stereocenters. The maximum Gasteiger partial charge on any atom is 0.340 e. The van der Waals surface area contributed by atoms with Gasteiger partial charge in [0.05, 0.1) is 5.69 Å². The number of rotatable bonds is 2. The summed E-state index contributed by atoms with van der Waals surface area (Å²) in [7, 11) is 0. The van der Waals surface area contributed by atoms with Crippen molar-refractivity contribution in [3.05, 3.63) is 29.6 Å². The number of aromatic carboxylic acids is 1. The molecule has 1 aliphatic heterocycles. The lowest BCUT2D eigenvalue weighted by Gasteiger charge is -2.40. The molecule has 0 bridgehead atoms. The number of carbonyl (C=O) groups is 1. The molecule has 2 rings (SSSR count). The number of nitrogens with zero attached hydrogens (tertiary/aromatic N) is 1. The maximum atomic E-state index is 13.7. The van der Waals surface area contributed by atoms with Gasteiger partial charge in [0.25, 0.3) is 0 Å². The smallest absolute Gasteiger partial charge is 0.340 e. The van der Waals surface area contributed by atoms with Gasteiger partial charge in [-0.25, -0.2) is 9.18 Å². The molecule has 1 saturated heterocycles. The van der Waals surface area contributed by atoms with Crippen molar-refractivity contribution in [2.24, 2.45) is 11.3 Å². The molecular formula is C16H22FNO2. The monoisotopic (exact) mass is 279 g/mol. The van der Waals surface area contributed by atoms with Crippen LogP contribution < -0.4 is 4.90 Å². The van der Waals surface area contributed by atoms with Crippen molar-refractivity contribution in [1.29, 1.82) is 0 Å². The molecule has 0 saturated carbocycles. The fraction of sp³-hybridized carbons (Fsp3) is 0.562. The Morgan fingerprint density at radius 1 is 1.30 bits per heavy atom. The molecule has 1 N–H and O–H groups in total. The highest BCUT2D eigenvalue weighted by Gasteiger charge is 2.30. The summed E-state index contributed by atoms with van der Waals surface area (Å²) in [6, 6.07) is 4.48. The average Bonchev–Trinajstić information content (AvgIpc) is 2.37. The third-order valence-electron chi connectivity index (χ3n) is 4.27. The van der Waals surface area contributed by atoms with Crippen molar-refractivity contribution in [3.63, 3.8) is 0 Å². The highest BCUT2D eigenvalue weighted by atomic mass is 19.1. The second-order valence-corrected chi connectivity index (χ2v) is 6.57. The summed E-state index contributed by atoms with van der Waals surface area (Å²) in [5.74, 6) is -1.23. The van der Waals surface area contributed by atoms with Gasteiger partial charge in [0.15, 0.2) is 0 Å². The Morgan fingerprint density at radius 3 is 2.40 bits per heavy atom. The molecule has 0 amide bonds. The zero-order valence-electron chi connectivity index (χ0n) is 12.3. The molecule has 1 fully saturated rings. The van der Waals surface area contributed by atoms with Crippen LogP contribution in [0.5, 0.6) is 0 Å². The number of carboxylic acid groups (broad SMARTS) is 1. The molecular weight excluding hydrogens is 257 g/mol. The lowest BCUT2D eigenvalue weighted by molar-refractivity contribution is 0.0692. The van der Waals surface area contributed by atoms with Gasteiger partial charge in [0.2, 0.25) is 0 Å². The predicted octanol–water partition coefficient (Wildman–Crippen LogP) is 3.79. The number of piperidine rings is 1. The molecule has 20 heavy (non-hydrogen) atoms. The van der Waals surface area contributed by atoms with Gasteiger partial charge in [-0.05, 0) is 36.3 Å². The summed E-state index contributed by atoms with van der Waals surface area (Å²) < 4.78 is 13.7. The molecule has 0 spiro atoms. The first-order chi connectivity index (χ1) is 9.30. The Hall–Kier alpha value is -1.58. The van der Waals surface area contributed by atoms with E-state index >= 15 is 0 Å². The summed E-state index contributed by atoms with van der Waals surface area (Å²) in [6.07, 6.45) is 2.03. The second-order valence-electron chi connectivity index (χ2n) is 6.57. The van der Waals surface area contributed by atoms with E-state index in [4.69, 9.17) is 0 Å². The zero-order valence-corrected chi connectivity index (χ0v) is 12.3. The quantitative estimate of drug-likeness (QED) is 0.895. The van der Waals surface area contributed by atoms with Crippen molar-refractivity contribution < 1.29 is 14.3 Å². The van der Waals surface area contributed by atoms with Gasteiger partial charge in [-0.15, -0.1) is 0 Å². The highest BCUT2D eigenvalue weighted by molar-refractivity contribution is 5.94. The van der Waals surface area contributed by atoms with Crippen LogP contribution in [-0.2, 0) is 0 Å². The van der Waals surface area contributed by atoms with Crippen LogP contribution >= 0.6 is 0 Å².